The molecule has 0 unspecified atom stereocenters. The van der Waals surface area contributed by atoms with Crippen LogP contribution in [0.15, 0.2) is 29.6 Å². The molecule has 24 heavy (non-hydrogen) atoms. The van der Waals surface area contributed by atoms with Gasteiger partial charge in [0, 0.05) is 42.3 Å². The number of carbonyl (C=O) groups excluding carboxylic acids is 2. The van der Waals surface area contributed by atoms with Gasteiger partial charge >= 0.3 is 6.03 Å². The molecule has 3 amide bonds. The summed E-state index contributed by atoms with van der Waals surface area (Å²) >= 11 is 7.37. The molecule has 2 heterocycles. The van der Waals surface area contributed by atoms with Crippen molar-refractivity contribution in [2.45, 2.75) is 6.92 Å². The highest BCUT2D eigenvalue weighted by Gasteiger charge is 2.26. The molecule has 0 atom stereocenters. The number of rotatable bonds is 2. The Hall–Kier alpha value is -2.12. The number of thiazole rings is 1. The minimum absolute atomic E-state index is 0.0748. The Kier molecular flexibility index (Phi) is 5.01. The highest BCUT2D eigenvalue weighted by molar-refractivity contribution is 7.09. The second-order valence-electron chi connectivity index (χ2n) is 5.47. The number of anilines is 1. The van der Waals surface area contributed by atoms with Gasteiger partial charge in [0.2, 0.25) is 0 Å². The average molecular weight is 365 g/mol. The molecule has 0 saturated carbocycles. The zero-order valence-corrected chi connectivity index (χ0v) is 14.7. The number of hydrogen-bond donors (Lipinski definition) is 1. The Morgan fingerprint density at radius 2 is 1.92 bits per heavy atom. The van der Waals surface area contributed by atoms with Crippen LogP contribution < -0.4 is 5.32 Å². The topological polar surface area (TPSA) is 65.5 Å². The molecule has 2 aromatic rings. The predicted molar refractivity (Wildman–Crippen MR) is 94.8 cm³/mol. The zero-order valence-electron chi connectivity index (χ0n) is 13.2. The van der Waals surface area contributed by atoms with Crippen LogP contribution in [0.5, 0.6) is 0 Å². The highest BCUT2D eigenvalue weighted by atomic mass is 35.5. The zero-order chi connectivity index (χ0) is 17.1. The van der Waals surface area contributed by atoms with E-state index in [-0.39, 0.29) is 11.9 Å². The second kappa shape index (κ2) is 7.19. The minimum atomic E-state index is -0.186. The summed E-state index contributed by atoms with van der Waals surface area (Å²) in [6.45, 7) is 3.85. The molecule has 126 valence electrons. The normalized spacial score (nSPS) is 14.6. The molecule has 1 saturated heterocycles. The van der Waals surface area contributed by atoms with E-state index in [1.165, 1.54) is 11.3 Å². The number of piperazine rings is 1. The van der Waals surface area contributed by atoms with Crippen LogP contribution in [-0.4, -0.2) is 52.9 Å². The van der Waals surface area contributed by atoms with E-state index in [9.17, 15) is 9.59 Å². The Morgan fingerprint density at radius 3 is 2.54 bits per heavy atom. The molecule has 0 aliphatic carbocycles. The number of carbonyl (C=O) groups is 2. The van der Waals surface area contributed by atoms with Crippen LogP contribution >= 0.6 is 22.9 Å². The Labute approximate surface area is 149 Å². The number of amides is 3. The van der Waals surface area contributed by atoms with Crippen molar-refractivity contribution >= 4 is 40.6 Å². The molecule has 1 N–H and O–H groups in total. The van der Waals surface area contributed by atoms with Gasteiger partial charge in [0.05, 0.1) is 5.01 Å². The van der Waals surface area contributed by atoms with E-state index in [4.69, 9.17) is 11.6 Å². The Morgan fingerprint density at radius 1 is 1.21 bits per heavy atom. The van der Waals surface area contributed by atoms with Crippen molar-refractivity contribution in [2.24, 2.45) is 0 Å². The lowest BCUT2D eigenvalue weighted by Gasteiger charge is -2.34. The van der Waals surface area contributed by atoms with Gasteiger partial charge in [-0.15, -0.1) is 11.3 Å². The summed E-state index contributed by atoms with van der Waals surface area (Å²) in [5.41, 5.74) is 1.14. The molecular weight excluding hydrogens is 348 g/mol. The largest absolute Gasteiger partial charge is 0.334 e. The number of nitrogens with one attached hydrogen (secondary N) is 1. The number of aromatic nitrogens is 1. The van der Waals surface area contributed by atoms with Gasteiger partial charge in [-0.1, -0.05) is 17.7 Å². The van der Waals surface area contributed by atoms with Gasteiger partial charge < -0.3 is 15.1 Å². The van der Waals surface area contributed by atoms with Crippen molar-refractivity contribution in [1.82, 2.24) is 14.8 Å². The fraction of sp³-hybridized carbons (Fsp3) is 0.312. The molecule has 1 aromatic heterocycles. The number of urea groups is 1. The Balaban J connectivity index is 1.54. The number of nitrogens with zero attached hydrogens (tertiary/aromatic N) is 3. The summed E-state index contributed by atoms with van der Waals surface area (Å²) in [6.07, 6.45) is 0. The summed E-state index contributed by atoms with van der Waals surface area (Å²) in [5, 5.41) is 6.04. The van der Waals surface area contributed by atoms with Gasteiger partial charge in [0.1, 0.15) is 5.69 Å². The number of hydrogen-bond acceptors (Lipinski definition) is 4. The van der Waals surface area contributed by atoms with Crippen molar-refractivity contribution in [1.29, 1.82) is 0 Å². The van der Waals surface area contributed by atoms with Crippen LogP contribution in [-0.2, 0) is 0 Å². The summed E-state index contributed by atoms with van der Waals surface area (Å²) in [7, 11) is 0. The van der Waals surface area contributed by atoms with Gasteiger partial charge in [-0.3, -0.25) is 4.79 Å². The summed E-state index contributed by atoms with van der Waals surface area (Å²) < 4.78 is 0. The molecule has 8 heteroatoms. The van der Waals surface area contributed by atoms with Crippen molar-refractivity contribution in [3.05, 3.63) is 45.4 Å². The van der Waals surface area contributed by atoms with E-state index in [1.54, 1.807) is 39.4 Å². The third-order valence-corrected chi connectivity index (χ3v) is 4.78. The van der Waals surface area contributed by atoms with Crippen molar-refractivity contribution in [2.75, 3.05) is 31.5 Å². The van der Waals surface area contributed by atoms with Crippen molar-refractivity contribution in [3.8, 4) is 0 Å². The first-order valence-electron chi connectivity index (χ1n) is 7.56. The lowest BCUT2D eigenvalue weighted by molar-refractivity contribution is 0.0666. The maximum atomic E-state index is 12.4. The lowest BCUT2D eigenvalue weighted by atomic mass is 10.3. The summed E-state index contributed by atoms with van der Waals surface area (Å²) in [4.78, 5) is 32.3. The molecule has 1 aromatic carbocycles. The predicted octanol–water partition coefficient (Wildman–Crippen LogP) is 3.09. The minimum Gasteiger partial charge on any atom is -0.334 e. The molecule has 6 nitrogen and oxygen atoms in total. The van der Waals surface area contributed by atoms with Crippen LogP contribution in [0.4, 0.5) is 10.5 Å². The third-order valence-electron chi connectivity index (χ3n) is 3.77. The second-order valence-corrected chi connectivity index (χ2v) is 6.97. The molecule has 0 spiro atoms. The van der Waals surface area contributed by atoms with Crippen molar-refractivity contribution in [3.63, 3.8) is 0 Å². The first-order chi connectivity index (χ1) is 11.5. The van der Waals surface area contributed by atoms with E-state index >= 15 is 0 Å². The molecular formula is C16H17ClN4O2S. The van der Waals surface area contributed by atoms with Gasteiger partial charge in [0.15, 0.2) is 0 Å². The molecule has 3 rings (SSSR count). The van der Waals surface area contributed by atoms with Gasteiger partial charge in [-0.05, 0) is 25.1 Å². The quantitative estimate of drug-likeness (QED) is 0.890. The monoisotopic (exact) mass is 364 g/mol. The molecule has 1 aliphatic rings. The maximum Gasteiger partial charge on any atom is 0.321 e. The molecule has 0 radical (unpaired) electrons. The van der Waals surface area contributed by atoms with Gasteiger partial charge in [0.25, 0.3) is 5.91 Å². The van der Waals surface area contributed by atoms with Crippen LogP contribution in [0.1, 0.15) is 15.5 Å². The van der Waals surface area contributed by atoms with E-state index in [2.05, 4.69) is 10.3 Å². The van der Waals surface area contributed by atoms with Crippen LogP contribution in [0.2, 0.25) is 5.02 Å². The summed E-state index contributed by atoms with van der Waals surface area (Å²) in [5.74, 6) is -0.0748. The molecule has 1 aliphatic heterocycles. The van der Waals surface area contributed by atoms with Gasteiger partial charge in [-0.25, -0.2) is 9.78 Å². The van der Waals surface area contributed by atoms with Crippen LogP contribution in [0, 0.1) is 6.92 Å². The highest BCUT2D eigenvalue weighted by Crippen LogP contribution is 2.16. The first-order valence-corrected chi connectivity index (χ1v) is 8.81. The smallest absolute Gasteiger partial charge is 0.321 e. The SMILES string of the molecule is Cc1nc(C(=O)N2CCN(C(=O)Nc3cccc(Cl)c3)CC2)cs1. The standard InChI is InChI=1S/C16H17ClN4O2S/c1-11-18-14(10-24-11)15(22)20-5-7-21(8-6-20)16(23)19-13-4-2-3-12(17)9-13/h2-4,9-10H,5-8H2,1H3,(H,19,23). The number of benzene rings is 1. The first kappa shape index (κ1) is 16.7. The van der Waals surface area contributed by atoms with Gasteiger partial charge in [-0.2, -0.15) is 0 Å². The molecule has 1 fully saturated rings. The Bertz CT molecular complexity index is 756. The average Bonchev–Trinajstić information content (AvgIpc) is 3.01. The van der Waals surface area contributed by atoms with Crippen LogP contribution in [0.3, 0.4) is 0 Å². The maximum absolute atomic E-state index is 12.4. The number of halogens is 1. The van der Waals surface area contributed by atoms with E-state index in [0.29, 0.717) is 42.6 Å². The lowest BCUT2D eigenvalue weighted by Crippen LogP contribution is -2.51. The fourth-order valence-corrected chi connectivity index (χ4v) is 3.28. The van der Waals surface area contributed by atoms with Crippen LogP contribution in [0.25, 0.3) is 0 Å². The third kappa shape index (κ3) is 3.85. The van der Waals surface area contributed by atoms with E-state index < -0.39 is 0 Å². The van der Waals surface area contributed by atoms with E-state index in [0.717, 1.165) is 5.01 Å². The molecule has 0 bridgehead atoms. The van der Waals surface area contributed by atoms with E-state index in [1.807, 2.05) is 6.92 Å². The summed E-state index contributed by atoms with van der Waals surface area (Å²) in [6, 6.07) is 6.83. The fourth-order valence-electron chi connectivity index (χ4n) is 2.51. The van der Waals surface area contributed by atoms with Crippen molar-refractivity contribution < 1.29 is 9.59 Å². The number of aryl methyl sites for hydroxylation is 1.